The third-order valence-electron chi connectivity index (χ3n) is 4.12. The fourth-order valence-corrected chi connectivity index (χ4v) is 3.94. The first kappa shape index (κ1) is 34.3. The zero-order chi connectivity index (χ0) is 20.1. The third kappa shape index (κ3) is 16.3. The van der Waals surface area contributed by atoms with Gasteiger partial charge in [0.05, 0.1) is 0 Å². The summed E-state index contributed by atoms with van der Waals surface area (Å²) in [5.74, 6) is 0. The Labute approximate surface area is 212 Å². The maximum Gasteiger partial charge on any atom is 1.00 e. The van der Waals surface area contributed by atoms with Crippen molar-refractivity contribution in [3.05, 3.63) is 0 Å². The number of hydrogen-bond donors (Lipinski definition) is 0. The Hall–Kier alpha value is 1.64. The summed E-state index contributed by atoms with van der Waals surface area (Å²) in [4.78, 5) is 43.5. The summed E-state index contributed by atoms with van der Waals surface area (Å²) < 4.78 is 31.5. The van der Waals surface area contributed by atoms with Crippen LogP contribution < -0.4 is 68.9 Å². The quantitative estimate of drug-likeness (QED) is 0.129. The van der Waals surface area contributed by atoms with Gasteiger partial charge in [-0.25, -0.2) is 0 Å². The molecule has 0 unspecified atom stereocenters. The molecule has 0 aliphatic rings. The van der Waals surface area contributed by atoms with Gasteiger partial charge in [0.2, 0.25) is 5.52 Å². The molecule has 0 aromatic rings. The molecule has 0 saturated heterocycles. The third-order valence-corrected chi connectivity index (χ3v) is 6.75. The van der Waals surface area contributed by atoms with E-state index in [1.165, 1.54) is 14.2 Å². The summed E-state index contributed by atoms with van der Waals surface area (Å²) in [7, 11) is -6.22. The van der Waals surface area contributed by atoms with Gasteiger partial charge in [0.1, 0.15) is 0 Å². The molecule has 0 rings (SSSR count). The van der Waals surface area contributed by atoms with E-state index in [1.54, 1.807) is 0 Å². The first-order valence-corrected chi connectivity index (χ1v) is 12.1. The summed E-state index contributed by atoms with van der Waals surface area (Å²) in [5.41, 5.74) is -1.67. The van der Waals surface area contributed by atoms with Crippen LogP contribution in [0.5, 0.6) is 0 Å². The van der Waals surface area contributed by atoms with Crippen molar-refractivity contribution in [2.45, 2.75) is 77.0 Å². The molecule has 0 atom stereocenters. The Morgan fingerprint density at radius 3 is 1.21 bits per heavy atom. The molecular formula is C16H30Na2O8P2. The van der Waals surface area contributed by atoms with E-state index < -0.39 is 26.2 Å². The molecular weight excluding hydrogens is 428 g/mol. The normalized spacial score (nSPS) is 11.4. The standard InChI is InChI=1S/C16H32O8P2.2Na/c1-23-26(22,24-2)16(18)14-12-10-8-6-4-3-5-7-9-11-13-15(17)25(19,20)21;;/h3-14H2,1-2H3,(H2,19,20,21);;/q;2*+1/p-2. The van der Waals surface area contributed by atoms with Gasteiger partial charge in [0, 0.05) is 34.7 Å². The molecule has 0 N–H and O–H groups in total. The Morgan fingerprint density at radius 2 is 0.929 bits per heavy atom. The largest absolute Gasteiger partial charge is 1.00 e. The molecule has 0 spiro atoms. The second-order valence-electron chi connectivity index (χ2n) is 6.18. The van der Waals surface area contributed by atoms with Crippen molar-refractivity contribution in [2.75, 3.05) is 14.2 Å². The zero-order valence-electron chi connectivity index (χ0n) is 17.6. The molecule has 154 valence electrons. The summed E-state index contributed by atoms with van der Waals surface area (Å²) >= 11 is 0. The van der Waals surface area contributed by atoms with E-state index in [1.807, 2.05) is 0 Å². The van der Waals surface area contributed by atoms with Gasteiger partial charge in [-0.15, -0.1) is 0 Å². The first-order chi connectivity index (χ1) is 12.2. The minimum atomic E-state index is -5.05. The minimum Gasteiger partial charge on any atom is -0.805 e. The van der Waals surface area contributed by atoms with Crippen LogP contribution in [0.1, 0.15) is 77.0 Å². The second kappa shape index (κ2) is 19.3. The zero-order valence-corrected chi connectivity index (χ0v) is 23.4. The Balaban J connectivity index is -0.00000312. The first-order valence-electron chi connectivity index (χ1n) is 8.97. The molecule has 0 aromatic heterocycles. The monoisotopic (exact) mass is 458 g/mol. The van der Waals surface area contributed by atoms with Gasteiger partial charge >= 0.3 is 66.7 Å². The van der Waals surface area contributed by atoms with Crippen molar-refractivity contribution >= 4 is 26.2 Å². The predicted octanol–water partition coefficient (Wildman–Crippen LogP) is -2.87. The van der Waals surface area contributed by atoms with Crippen molar-refractivity contribution in [1.29, 1.82) is 0 Å². The topological polar surface area (TPSA) is 133 Å². The molecule has 0 bridgehead atoms. The number of unbranched alkanes of at least 4 members (excludes halogenated alkanes) is 9. The van der Waals surface area contributed by atoms with Gasteiger partial charge in [-0.2, -0.15) is 0 Å². The van der Waals surface area contributed by atoms with E-state index >= 15 is 0 Å². The van der Waals surface area contributed by atoms with Crippen molar-refractivity contribution < 1.29 is 96.7 Å². The van der Waals surface area contributed by atoms with Crippen molar-refractivity contribution in [3.8, 4) is 0 Å². The van der Waals surface area contributed by atoms with Gasteiger partial charge in [-0.1, -0.05) is 51.4 Å². The van der Waals surface area contributed by atoms with Crippen LogP contribution in [-0.4, -0.2) is 25.3 Å². The van der Waals surface area contributed by atoms with Crippen LogP contribution in [-0.2, 0) is 27.8 Å². The Kier molecular flexibility index (Phi) is 23.7. The summed E-state index contributed by atoms with van der Waals surface area (Å²) in [6.07, 6.45) is 8.81. The van der Waals surface area contributed by atoms with Crippen molar-refractivity contribution in [3.63, 3.8) is 0 Å². The van der Waals surface area contributed by atoms with Crippen LogP contribution in [0.15, 0.2) is 0 Å². The predicted molar refractivity (Wildman–Crippen MR) is 94.6 cm³/mol. The van der Waals surface area contributed by atoms with E-state index in [0.717, 1.165) is 51.4 Å². The van der Waals surface area contributed by atoms with Crippen LogP contribution in [0, 0.1) is 0 Å². The van der Waals surface area contributed by atoms with Gasteiger partial charge in [0.25, 0.3) is 0 Å². The average Bonchev–Trinajstić information content (AvgIpc) is 2.60. The number of carbonyl (C=O) groups is 2. The summed E-state index contributed by atoms with van der Waals surface area (Å²) in [5, 5.41) is 0. The maximum absolute atomic E-state index is 11.8. The van der Waals surface area contributed by atoms with Crippen molar-refractivity contribution in [1.82, 2.24) is 0 Å². The SMILES string of the molecule is COP(=O)(OC)C(=O)CCCCCCCCCCCCC(=O)P(=O)([O-])[O-].[Na+].[Na+]. The molecule has 0 radical (unpaired) electrons. The van der Waals surface area contributed by atoms with E-state index in [-0.39, 0.29) is 72.0 Å². The van der Waals surface area contributed by atoms with Crippen LogP contribution in [0.4, 0.5) is 0 Å². The van der Waals surface area contributed by atoms with E-state index in [0.29, 0.717) is 12.8 Å². The molecule has 0 aliphatic carbocycles. The van der Waals surface area contributed by atoms with Crippen LogP contribution in [0.25, 0.3) is 0 Å². The van der Waals surface area contributed by atoms with Gasteiger partial charge in [0.15, 0.2) is 5.52 Å². The molecule has 0 amide bonds. The molecule has 28 heavy (non-hydrogen) atoms. The van der Waals surface area contributed by atoms with E-state index in [9.17, 15) is 28.5 Å². The van der Waals surface area contributed by atoms with E-state index in [4.69, 9.17) is 0 Å². The summed E-state index contributed by atoms with van der Waals surface area (Å²) in [6.45, 7) is 0. The molecule has 0 heterocycles. The van der Waals surface area contributed by atoms with Gasteiger partial charge in [-0.05, 0) is 12.8 Å². The van der Waals surface area contributed by atoms with E-state index in [2.05, 4.69) is 9.05 Å². The van der Waals surface area contributed by atoms with Gasteiger partial charge < -0.3 is 23.4 Å². The van der Waals surface area contributed by atoms with Crippen molar-refractivity contribution in [2.24, 2.45) is 0 Å². The van der Waals surface area contributed by atoms with Gasteiger partial charge in [-0.3, -0.25) is 14.2 Å². The maximum atomic E-state index is 11.8. The molecule has 0 saturated carbocycles. The fourth-order valence-electron chi connectivity index (χ4n) is 2.52. The molecule has 12 heteroatoms. The summed E-state index contributed by atoms with van der Waals surface area (Å²) in [6, 6.07) is 0. The Bertz CT molecular complexity index is 517. The smallest absolute Gasteiger partial charge is 0.805 e. The molecule has 8 nitrogen and oxygen atoms in total. The Morgan fingerprint density at radius 1 is 0.643 bits per heavy atom. The minimum absolute atomic E-state index is 0. The molecule has 0 aliphatic heterocycles. The fraction of sp³-hybridized carbons (Fsp3) is 0.875. The average molecular weight is 458 g/mol. The van der Waals surface area contributed by atoms with Crippen LogP contribution in [0.2, 0.25) is 0 Å². The number of rotatable bonds is 17. The molecule has 0 fully saturated rings. The second-order valence-corrected chi connectivity index (χ2v) is 9.90. The number of carbonyl (C=O) groups excluding carboxylic acids is 2. The number of hydrogen-bond acceptors (Lipinski definition) is 8. The van der Waals surface area contributed by atoms with Crippen LogP contribution >= 0.6 is 15.2 Å². The molecule has 0 aromatic carbocycles. The van der Waals surface area contributed by atoms with Crippen LogP contribution in [0.3, 0.4) is 0 Å².